The Bertz CT molecular complexity index is 245. The van der Waals surface area contributed by atoms with Gasteiger partial charge in [-0.1, -0.05) is 0 Å². The van der Waals surface area contributed by atoms with Gasteiger partial charge < -0.3 is 5.32 Å². The average Bonchev–Trinajstić information content (AvgIpc) is 2.72. The molecule has 0 saturated carbocycles. The van der Waals surface area contributed by atoms with Gasteiger partial charge >= 0.3 is 0 Å². The van der Waals surface area contributed by atoms with E-state index in [-0.39, 0.29) is 0 Å². The molecule has 1 aromatic heterocycles. The summed E-state index contributed by atoms with van der Waals surface area (Å²) in [6, 6.07) is 0. The molecular weight excluding hydrogens is 232 g/mol. The number of nitrogens with one attached hydrogen (secondary N) is 1. The summed E-state index contributed by atoms with van der Waals surface area (Å²) in [4.78, 5) is 4.24. The van der Waals surface area contributed by atoms with E-state index >= 15 is 0 Å². The van der Waals surface area contributed by atoms with Crippen LogP contribution in [0.4, 0.5) is 0 Å². The van der Waals surface area contributed by atoms with Crippen LogP contribution >= 0.6 is 34.9 Å². The van der Waals surface area contributed by atoms with Crippen LogP contribution in [0.25, 0.3) is 0 Å². The molecule has 0 aliphatic carbocycles. The standard InChI is InChI=1S/C9H14N2S3/c1-2-14-9(11-1)6-10-5-8-7-12-3-4-13-8/h1-2,8,10H,3-7H2. The molecule has 1 unspecified atom stereocenters. The smallest absolute Gasteiger partial charge is 0.106 e. The van der Waals surface area contributed by atoms with Gasteiger partial charge in [-0.05, 0) is 0 Å². The fraction of sp³-hybridized carbons (Fsp3) is 0.667. The molecule has 1 aliphatic rings. The average molecular weight is 246 g/mol. The van der Waals surface area contributed by atoms with Gasteiger partial charge in [0.2, 0.25) is 0 Å². The van der Waals surface area contributed by atoms with Gasteiger partial charge in [0.1, 0.15) is 5.01 Å². The minimum absolute atomic E-state index is 0.800. The van der Waals surface area contributed by atoms with Crippen LogP contribution in [0.15, 0.2) is 11.6 Å². The van der Waals surface area contributed by atoms with Crippen LogP contribution in [0, 0.1) is 0 Å². The van der Waals surface area contributed by atoms with Gasteiger partial charge in [0.05, 0.1) is 0 Å². The highest BCUT2D eigenvalue weighted by Gasteiger charge is 2.13. The first-order valence-electron chi connectivity index (χ1n) is 4.73. The molecule has 78 valence electrons. The van der Waals surface area contributed by atoms with Crippen LogP contribution in [0.1, 0.15) is 5.01 Å². The molecule has 14 heavy (non-hydrogen) atoms. The van der Waals surface area contributed by atoms with Crippen molar-refractivity contribution in [1.82, 2.24) is 10.3 Å². The number of nitrogens with zero attached hydrogens (tertiary/aromatic N) is 1. The lowest BCUT2D eigenvalue weighted by Gasteiger charge is -2.20. The first-order chi connectivity index (χ1) is 6.95. The van der Waals surface area contributed by atoms with E-state index in [9.17, 15) is 0 Å². The maximum absolute atomic E-state index is 4.24. The van der Waals surface area contributed by atoms with E-state index < -0.39 is 0 Å². The monoisotopic (exact) mass is 246 g/mol. The van der Waals surface area contributed by atoms with Crippen molar-refractivity contribution in [2.24, 2.45) is 0 Å². The summed E-state index contributed by atoms with van der Waals surface area (Å²) in [6.45, 7) is 2.05. The van der Waals surface area contributed by atoms with Gasteiger partial charge in [0.15, 0.2) is 0 Å². The van der Waals surface area contributed by atoms with Crippen molar-refractivity contribution in [3.8, 4) is 0 Å². The van der Waals surface area contributed by atoms with Gasteiger partial charge in [0, 0.05) is 47.2 Å². The molecular formula is C9H14N2S3. The van der Waals surface area contributed by atoms with Crippen molar-refractivity contribution in [2.75, 3.05) is 23.8 Å². The molecule has 2 nitrogen and oxygen atoms in total. The van der Waals surface area contributed by atoms with E-state index in [4.69, 9.17) is 0 Å². The third kappa shape index (κ3) is 3.46. The lowest BCUT2D eigenvalue weighted by Crippen LogP contribution is -2.28. The Morgan fingerprint density at radius 2 is 2.50 bits per heavy atom. The first kappa shape index (κ1) is 10.8. The van der Waals surface area contributed by atoms with Gasteiger partial charge in [-0.25, -0.2) is 4.98 Å². The molecule has 2 heterocycles. The summed E-state index contributed by atoms with van der Waals surface area (Å²) in [5, 5.41) is 7.49. The van der Waals surface area contributed by atoms with Crippen LogP contribution < -0.4 is 5.32 Å². The third-order valence-corrected chi connectivity index (χ3v) is 5.64. The van der Waals surface area contributed by atoms with Crippen LogP contribution in [0.5, 0.6) is 0 Å². The second-order valence-corrected chi connectivity index (χ2v) is 6.66. The summed E-state index contributed by atoms with van der Waals surface area (Å²) in [6.07, 6.45) is 1.87. The molecule has 2 rings (SSSR count). The second-order valence-electron chi connectivity index (χ2n) is 3.12. The molecule has 1 aliphatic heterocycles. The Balaban J connectivity index is 1.62. The quantitative estimate of drug-likeness (QED) is 0.879. The van der Waals surface area contributed by atoms with E-state index in [1.807, 2.05) is 11.6 Å². The minimum Gasteiger partial charge on any atom is -0.309 e. The molecule has 0 amide bonds. The summed E-state index contributed by atoms with van der Waals surface area (Å²) >= 11 is 5.90. The Kier molecular flexibility index (Phi) is 4.63. The molecule has 5 heteroatoms. The van der Waals surface area contributed by atoms with Crippen molar-refractivity contribution in [3.63, 3.8) is 0 Å². The van der Waals surface area contributed by atoms with Crippen LogP contribution in [-0.4, -0.2) is 34.0 Å². The Morgan fingerprint density at radius 1 is 1.50 bits per heavy atom. The highest BCUT2D eigenvalue weighted by Crippen LogP contribution is 2.23. The topological polar surface area (TPSA) is 24.9 Å². The van der Waals surface area contributed by atoms with E-state index in [2.05, 4.69) is 33.8 Å². The zero-order valence-corrected chi connectivity index (χ0v) is 10.4. The first-order valence-corrected chi connectivity index (χ1v) is 7.82. The van der Waals surface area contributed by atoms with Crippen molar-refractivity contribution in [2.45, 2.75) is 11.8 Å². The number of hydrogen-bond acceptors (Lipinski definition) is 5. The summed E-state index contributed by atoms with van der Waals surface area (Å²) in [5.74, 6) is 3.94. The Labute approximate surface area is 97.3 Å². The Hall–Kier alpha value is 0.290. The van der Waals surface area contributed by atoms with Gasteiger partial charge in [0.25, 0.3) is 0 Å². The molecule has 1 atom stereocenters. The highest BCUT2D eigenvalue weighted by atomic mass is 32.2. The van der Waals surface area contributed by atoms with Gasteiger partial charge in [-0.3, -0.25) is 0 Å². The molecule has 0 radical (unpaired) electrons. The van der Waals surface area contributed by atoms with Crippen molar-refractivity contribution in [1.29, 1.82) is 0 Å². The number of hydrogen-bond donors (Lipinski definition) is 1. The molecule has 0 aromatic carbocycles. The van der Waals surface area contributed by atoms with E-state index in [1.54, 1.807) is 11.3 Å². The van der Waals surface area contributed by atoms with E-state index in [1.165, 1.54) is 22.3 Å². The lowest BCUT2D eigenvalue weighted by atomic mass is 10.4. The summed E-state index contributed by atoms with van der Waals surface area (Å²) in [7, 11) is 0. The molecule has 1 aromatic rings. The second kappa shape index (κ2) is 6.00. The molecule has 1 saturated heterocycles. The van der Waals surface area contributed by atoms with Crippen molar-refractivity contribution < 1.29 is 0 Å². The van der Waals surface area contributed by atoms with Crippen molar-refractivity contribution in [3.05, 3.63) is 16.6 Å². The zero-order chi connectivity index (χ0) is 9.64. The maximum Gasteiger partial charge on any atom is 0.106 e. The SMILES string of the molecule is c1csc(CNCC2CSCCS2)n1. The highest BCUT2D eigenvalue weighted by molar-refractivity contribution is 8.06. The predicted octanol–water partition coefficient (Wildman–Crippen LogP) is 2.08. The third-order valence-electron chi connectivity index (χ3n) is 2.02. The normalized spacial score (nSPS) is 22.4. The number of rotatable bonds is 4. The van der Waals surface area contributed by atoms with Crippen molar-refractivity contribution >= 4 is 34.9 Å². The Morgan fingerprint density at radius 3 is 3.21 bits per heavy atom. The summed E-state index contributed by atoms with van der Waals surface area (Å²) < 4.78 is 0. The van der Waals surface area contributed by atoms with Crippen LogP contribution in [0.2, 0.25) is 0 Å². The van der Waals surface area contributed by atoms with E-state index in [0.29, 0.717) is 0 Å². The molecule has 0 spiro atoms. The minimum atomic E-state index is 0.800. The lowest BCUT2D eigenvalue weighted by molar-refractivity contribution is 0.683. The molecule has 1 N–H and O–H groups in total. The summed E-state index contributed by atoms with van der Waals surface area (Å²) in [5.41, 5.74) is 0. The molecule has 1 fully saturated rings. The fourth-order valence-corrected chi connectivity index (χ4v) is 4.57. The van der Waals surface area contributed by atoms with Gasteiger partial charge in [-0.2, -0.15) is 23.5 Å². The number of aromatic nitrogens is 1. The zero-order valence-electron chi connectivity index (χ0n) is 7.94. The predicted molar refractivity (Wildman–Crippen MR) is 67.4 cm³/mol. The largest absolute Gasteiger partial charge is 0.309 e. The number of thioether (sulfide) groups is 2. The van der Waals surface area contributed by atoms with Gasteiger partial charge in [-0.15, -0.1) is 11.3 Å². The van der Waals surface area contributed by atoms with E-state index in [0.717, 1.165) is 18.3 Å². The maximum atomic E-state index is 4.24. The molecule has 0 bridgehead atoms. The van der Waals surface area contributed by atoms with Crippen LogP contribution in [-0.2, 0) is 6.54 Å². The fourth-order valence-electron chi connectivity index (χ4n) is 1.33. The van der Waals surface area contributed by atoms with Crippen LogP contribution in [0.3, 0.4) is 0 Å². The number of thiazole rings is 1.